The number of carbonyl (C=O) groups is 1. The number of rotatable bonds is 7. The van der Waals surface area contributed by atoms with Gasteiger partial charge in [-0.1, -0.05) is 18.2 Å². The predicted molar refractivity (Wildman–Crippen MR) is 103 cm³/mol. The quantitative estimate of drug-likeness (QED) is 0.645. The molecule has 0 aliphatic rings. The fourth-order valence-corrected chi connectivity index (χ4v) is 2.65. The van der Waals surface area contributed by atoms with Crippen molar-refractivity contribution in [3.63, 3.8) is 0 Å². The lowest BCUT2D eigenvalue weighted by atomic mass is 10.1. The smallest absolute Gasteiger partial charge is 0.252 e. The van der Waals surface area contributed by atoms with Gasteiger partial charge in [0.25, 0.3) is 5.91 Å². The number of aromatic nitrogens is 1. The summed E-state index contributed by atoms with van der Waals surface area (Å²) in [6.45, 7) is 0.452. The van der Waals surface area contributed by atoms with Crippen LogP contribution in [0.3, 0.4) is 0 Å². The number of nitrogens with zero attached hydrogens (tertiary/aromatic N) is 1. The van der Waals surface area contributed by atoms with Gasteiger partial charge in [-0.2, -0.15) is 0 Å². The average molecular weight is 383 g/mol. The molecular formula is C21H19F2N3O2. The van der Waals surface area contributed by atoms with E-state index in [2.05, 4.69) is 15.6 Å². The number of anilines is 2. The van der Waals surface area contributed by atoms with Crippen LogP contribution in [-0.4, -0.2) is 24.5 Å². The first-order valence-corrected chi connectivity index (χ1v) is 8.65. The van der Waals surface area contributed by atoms with E-state index in [9.17, 15) is 13.6 Å². The van der Waals surface area contributed by atoms with Crippen molar-refractivity contribution < 1.29 is 18.3 Å². The number of halogens is 2. The number of ether oxygens (including phenoxy) is 1. The summed E-state index contributed by atoms with van der Waals surface area (Å²) in [6, 6.07) is 14.3. The van der Waals surface area contributed by atoms with Crippen LogP contribution in [0.5, 0.6) is 5.75 Å². The second kappa shape index (κ2) is 8.94. The van der Waals surface area contributed by atoms with Crippen molar-refractivity contribution >= 4 is 17.4 Å². The summed E-state index contributed by atoms with van der Waals surface area (Å²) in [5, 5.41) is 5.69. The molecular weight excluding hydrogens is 364 g/mol. The van der Waals surface area contributed by atoms with E-state index in [1.807, 2.05) is 24.3 Å². The number of hydrogen-bond donors (Lipinski definition) is 2. The summed E-state index contributed by atoms with van der Waals surface area (Å²) in [6.07, 6.45) is 2.06. The van der Waals surface area contributed by atoms with Crippen molar-refractivity contribution in [1.82, 2.24) is 10.3 Å². The third-order valence-electron chi connectivity index (χ3n) is 4.09. The van der Waals surface area contributed by atoms with Crippen LogP contribution in [0.4, 0.5) is 20.3 Å². The van der Waals surface area contributed by atoms with Crippen LogP contribution in [0, 0.1) is 11.6 Å². The third-order valence-corrected chi connectivity index (χ3v) is 4.09. The van der Waals surface area contributed by atoms with Gasteiger partial charge in [0.15, 0.2) is 11.6 Å². The number of hydrogen-bond acceptors (Lipinski definition) is 4. The van der Waals surface area contributed by atoms with Crippen LogP contribution < -0.4 is 15.4 Å². The van der Waals surface area contributed by atoms with Gasteiger partial charge in [-0.15, -0.1) is 0 Å². The van der Waals surface area contributed by atoms with Gasteiger partial charge in [0.1, 0.15) is 11.6 Å². The van der Waals surface area contributed by atoms with Gasteiger partial charge >= 0.3 is 0 Å². The Hall–Kier alpha value is -3.48. The molecule has 5 nitrogen and oxygen atoms in total. The fraction of sp³-hybridized carbons (Fsp3) is 0.143. The minimum atomic E-state index is -0.948. The van der Waals surface area contributed by atoms with Crippen molar-refractivity contribution in [3.05, 3.63) is 83.6 Å². The second-order valence-corrected chi connectivity index (χ2v) is 6.00. The Labute approximate surface area is 161 Å². The van der Waals surface area contributed by atoms with Crippen molar-refractivity contribution in [2.24, 2.45) is 0 Å². The molecule has 2 aromatic carbocycles. The zero-order valence-corrected chi connectivity index (χ0v) is 15.2. The van der Waals surface area contributed by atoms with E-state index in [1.165, 1.54) is 12.3 Å². The molecule has 0 radical (unpaired) electrons. The zero-order valence-electron chi connectivity index (χ0n) is 15.2. The van der Waals surface area contributed by atoms with Crippen molar-refractivity contribution in [2.45, 2.75) is 6.42 Å². The predicted octanol–water partition coefficient (Wildman–Crippen LogP) is 4.08. The summed E-state index contributed by atoms with van der Waals surface area (Å²) >= 11 is 0. The molecule has 0 atom stereocenters. The summed E-state index contributed by atoms with van der Waals surface area (Å²) in [7, 11) is 1.61. The molecule has 144 valence electrons. The molecule has 28 heavy (non-hydrogen) atoms. The van der Waals surface area contributed by atoms with Crippen LogP contribution >= 0.6 is 0 Å². The van der Waals surface area contributed by atoms with Crippen LogP contribution in [0.2, 0.25) is 0 Å². The van der Waals surface area contributed by atoms with Crippen molar-refractivity contribution in [1.29, 1.82) is 0 Å². The Bertz CT molecular complexity index is 962. The van der Waals surface area contributed by atoms with E-state index in [-0.39, 0.29) is 5.91 Å². The molecule has 0 unspecified atom stereocenters. The van der Waals surface area contributed by atoms with E-state index in [1.54, 1.807) is 19.2 Å². The first-order chi connectivity index (χ1) is 13.6. The standard InChI is InChI=1S/C21H19F2N3O2/c1-28-19-5-3-2-4-14(19)10-11-24-21(27)15-6-9-20(25-13-15)26-16-7-8-17(22)18(23)12-16/h2-9,12-13H,10-11H2,1H3,(H,24,27)(H,25,26). The van der Waals surface area contributed by atoms with Crippen LogP contribution in [0.15, 0.2) is 60.8 Å². The van der Waals surface area contributed by atoms with E-state index in [0.717, 1.165) is 23.4 Å². The summed E-state index contributed by atoms with van der Waals surface area (Å²) in [5.41, 5.74) is 1.77. The molecule has 0 bridgehead atoms. The Balaban J connectivity index is 1.55. The molecule has 1 amide bonds. The zero-order chi connectivity index (χ0) is 19.9. The highest BCUT2D eigenvalue weighted by atomic mass is 19.2. The van der Waals surface area contributed by atoms with Gasteiger partial charge < -0.3 is 15.4 Å². The van der Waals surface area contributed by atoms with Crippen LogP contribution in [-0.2, 0) is 6.42 Å². The average Bonchev–Trinajstić information content (AvgIpc) is 2.71. The lowest BCUT2D eigenvalue weighted by Gasteiger charge is -2.10. The fourth-order valence-electron chi connectivity index (χ4n) is 2.65. The molecule has 0 saturated carbocycles. The number of carbonyl (C=O) groups excluding carboxylic acids is 1. The molecule has 0 spiro atoms. The van der Waals surface area contributed by atoms with Gasteiger partial charge in [-0.05, 0) is 42.3 Å². The van der Waals surface area contributed by atoms with Gasteiger partial charge in [-0.25, -0.2) is 13.8 Å². The normalized spacial score (nSPS) is 10.4. The number of nitrogens with one attached hydrogen (secondary N) is 2. The number of benzene rings is 2. The first kappa shape index (κ1) is 19.3. The summed E-state index contributed by atoms with van der Waals surface area (Å²) in [5.74, 6) is -0.917. The Morgan fingerprint density at radius 1 is 1.07 bits per heavy atom. The number of para-hydroxylation sites is 1. The SMILES string of the molecule is COc1ccccc1CCNC(=O)c1ccc(Nc2ccc(F)c(F)c2)nc1. The van der Waals surface area contributed by atoms with Crippen LogP contribution in [0.25, 0.3) is 0 Å². The molecule has 7 heteroatoms. The minimum Gasteiger partial charge on any atom is -0.496 e. The highest BCUT2D eigenvalue weighted by Crippen LogP contribution is 2.18. The molecule has 3 aromatic rings. The monoisotopic (exact) mass is 383 g/mol. The lowest BCUT2D eigenvalue weighted by Crippen LogP contribution is -2.25. The van der Waals surface area contributed by atoms with E-state index in [4.69, 9.17) is 4.74 Å². The van der Waals surface area contributed by atoms with Gasteiger partial charge in [0.2, 0.25) is 0 Å². The van der Waals surface area contributed by atoms with Gasteiger partial charge in [0, 0.05) is 24.5 Å². The van der Waals surface area contributed by atoms with E-state index in [0.29, 0.717) is 30.0 Å². The summed E-state index contributed by atoms with van der Waals surface area (Å²) < 4.78 is 31.5. The van der Waals surface area contributed by atoms with Gasteiger partial charge in [0.05, 0.1) is 12.7 Å². The van der Waals surface area contributed by atoms with Crippen molar-refractivity contribution in [2.75, 3.05) is 19.0 Å². The highest BCUT2D eigenvalue weighted by molar-refractivity contribution is 5.94. The number of pyridine rings is 1. The Morgan fingerprint density at radius 3 is 2.61 bits per heavy atom. The molecule has 1 aromatic heterocycles. The number of amides is 1. The topological polar surface area (TPSA) is 63.2 Å². The third kappa shape index (κ3) is 4.82. The maximum atomic E-state index is 13.2. The largest absolute Gasteiger partial charge is 0.496 e. The maximum Gasteiger partial charge on any atom is 0.252 e. The number of methoxy groups -OCH3 is 1. The van der Waals surface area contributed by atoms with Crippen LogP contribution in [0.1, 0.15) is 15.9 Å². The molecule has 3 rings (SSSR count). The molecule has 0 aliphatic heterocycles. The molecule has 0 fully saturated rings. The summed E-state index contributed by atoms with van der Waals surface area (Å²) in [4.78, 5) is 16.4. The highest BCUT2D eigenvalue weighted by Gasteiger charge is 2.08. The molecule has 2 N–H and O–H groups in total. The van der Waals surface area contributed by atoms with E-state index < -0.39 is 11.6 Å². The second-order valence-electron chi connectivity index (χ2n) is 6.00. The molecule has 0 aliphatic carbocycles. The van der Waals surface area contributed by atoms with Gasteiger partial charge in [-0.3, -0.25) is 4.79 Å². The molecule has 1 heterocycles. The Kier molecular flexibility index (Phi) is 6.16. The van der Waals surface area contributed by atoms with E-state index >= 15 is 0 Å². The maximum absolute atomic E-state index is 13.2. The minimum absolute atomic E-state index is 0.248. The Morgan fingerprint density at radius 2 is 1.89 bits per heavy atom. The van der Waals surface area contributed by atoms with Crippen molar-refractivity contribution in [3.8, 4) is 5.75 Å². The lowest BCUT2D eigenvalue weighted by molar-refractivity contribution is 0.0953. The molecule has 0 saturated heterocycles. The first-order valence-electron chi connectivity index (χ1n) is 8.65.